The number of nitrogens with two attached hydrogens (primary N) is 1. The van der Waals surface area contributed by atoms with Crippen molar-refractivity contribution in [1.82, 2.24) is 5.32 Å². The summed E-state index contributed by atoms with van der Waals surface area (Å²) in [5.41, 5.74) is 3.38. The molecule has 102 valence electrons. The molecule has 0 aromatic carbocycles. The van der Waals surface area contributed by atoms with Gasteiger partial charge in [0.25, 0.3) is 0 Å². The average molecular weight is 256 g/mol. The van der Waals surface area contributed by atoms with Crippen LogP contribution >= 0.6 is 0 Å². The van der Waals surface area contributed by atoms with Gasteiger partial charge in [0.1, 0.15) is 5.78 Å². The van der Waals surface area contributed by atoms with E-state index in [2.05, 4.69) is 5.32 Å². The molecule has 0 aromatic rings. The number of carbonyl (C=O) groups is 4. The lowest BCUT2D eigenvalue weighted by molar-refractivity contribution is -0.151. The lowest BCUT2D eigenvalue weighted by Gasteiger charge is -2.33. The minimum Gasteiger partial charge on any atom is -0.329 e. The van der Waals surface area contributed by atoms with Crippen LogP contribution in [0.5, 0.6) is 0 Å². The fourth-order valence-electron chi connectivity index (χ4n) is 2.18. The normalized spacial score (nSPS) is 12.9. The van der Waals surface area contributed by atoms with Gasteiger partial charge in [-0.2, -0.15) is 0 Å². The summed E-state index contributed by atoms with van der Waals surface area (Å²) in [6.07, 6.45) is 0. The summed E-state index contributed by atoms with van der Waals surface area (Å²) in [7, 11) is 0. The van der Waals surface area contributed by atoms with Gasteiger partial charge in [-0.15, -0.1) is 0 Å². The van der Waals surface area contributed by atoms with Gasteiger partial charge < -0.3 is 11.1 Å². The van der Waals surface area contributed by atoms with Crippen LogP contribution in [0.25, 0.3) is 0 Å². The summed E-state index contributed by atoms with van der Waals surface area (Å²) < 4.78 is 0. The zero-order chi connectivity index (χ0) is 14.5. The first-order valence-corrected chi connectivity index (χ1v) is 5.69. The number of hydrogen-bond donors (Lipinski definition) is 2. The van der Waals surface area contributed by atoms with Crippen LogP contribution in [-0.2, 0) is 19.2 Å². The second-order valence-corrected chi connectivity index (χ2v) is 4.26. The molecule has 0 aliphatic carbocycles. The molecule has 0 radical (unpaired) electrons. The Balaban J connectivity index is 5.77. The maximum Gasteiger partial charge on any atom is 0.166 e. The summed E-state index contributed by atoms with van der Waals surface area (Å²) in [5, 5.41) is 2.72. The molecule has 3 N–H and O–H groups in total. The minimum absolute atomic E-state index is 0.230. The van der Waals surface area contributed by atoms with Gasteiger partial charge in [-0.25, -0.2) is 0 Å². The number of nitrogens with one attached hydrogen (secondary N) is 1. The summed E-state index contributed by atoms with van der Waals surface area (Å²) in [4.78, 5) is 47.0. The molecule has 0 spiro atoms. The van der Waals surface area contributed by atoms with Crippen molar-refractivity contribution < 1.29 is 19.2 Å². The van der Waals surface area contributed by atoms with Crippen molar-refractivity contribution in [2.24, 2.45) is 11.1 Å². The van der Waals surface area contributed by atoms with E-state index in [-0.39, 0.29) is 13.1 Å². The van der Waals surface area contributed by atoms with Gasteiger partial charge in [-0.3, -0.25) is 19.2 Å². The lowest BCUT2D eigenvalue weighted by Crippen LogP contribution is -2.61. The molecular formula is C12H20N2O4. The monoisotopic (exact) mass is 256 g/mol. The maximum absolute atomic E-state index is 11.8. The number of carbonyl (C=O) groups excluding carboxylic acids is 4. The molecule has 1 unspecified atom stereocenters. The maximum atomic E-state index is 11.8. The number of Topliss-reactive ketones (excluding diaryl/α,β-unsaturated/α-hetero) is 4. The molecule has 0 heterocycles. The molecule has 0 aliphatic heterocycles. The quantitative estimate of drug-likeness (QED) is 0.553. The first-order chi connectivity index (χ1) is 8.22. The van der Waals surface area contributed by atoms with Gasteiger partial charge >= 0.3 is 0 Å². The van der Waals surface area contributed by atoms with Crippen molar-refractivity contribution in [3.05, 3.63) is 0 Å². The van der Waals surface area contributed by atoms with Gasteiger partial charge in [0.2, 0.25) is 0 Å². The van der Waals surface area contributed by atoms with Crippen molar-refractivity contribution in [3.63, 3.8) is 0 Å². The fraction of sp³-hybridized carbons (Fsp3) is 0.667. The van der Waals surface area contributed by atoms with Crippen molar-refractivity contribution in [2.45, 2.75) is 33.7 Å². The Morgan fingerprint density at radius 2 is 1.39 bits per heavy atom. The molecule has 0 saturated heterocycles. The molecule has 0 aliphatic rings. The largest absolute Gasteiger partial charge is 0.329 e. The van der Waals surface area contributed by atoms with E-state index in [1.165, 1.54) is 6.92 Å². The van der Waals surface area contributed by atoms with Crippen LogP contribution in [-0.4, -0.2) is 42.3 Å². The van der Waals surface area contributed by atoms with Crippen LogP contribution in [0.1, 0.15) is 27.7 Å². The van der Waals surface area contributed by atoms with Crippen molar-refractivity contribution >= 4 is 23.1 Å². The first kappa shape index (κ1) is 16.6. The van der Waals surface area contributed by atoms with Gasteiger partial charge in [0.05, 0.1) is 6.04 Å². The highest BCUT2D eigenvalue weighted by atomic mass is 16.2. The van der Waals surface area contributed by atoms with Crippen molar-refractivity contribution in [2.75, 3.05) is 13.1 Å². The highest BCUT2D eigenvalue weighted by Crippen LogP contribution is 2.27. The van der Waals surface area contributed by atoms with Crippen LogP contribution in [0.3, 0.4) is 0 Å². The van der Waals surface area contributed by atoms with E-state index in [9.17, 15) is 19.2 Å². The summed E-state index contributed by atoms with van der Waals surface area (Å²) in [6.45, 7) is 5.12. The Bertz CT molecular complexity index is 340. The Kier molecular flexibility index (Phi) is 6.00. The van der Waals surface area contributed by atoms with Gasteiger partial charge in [-0.05, 0) is 27.7 Å². The summed E-state index contributed by atoms with van der Waals surface area (Å²) in [5.74, 6) is -2.34. The highest BCUT2D eigenvalue weighted by molar-refractivity contribution is 6.26. The Morgan fingerprint density at radius 1 is 1.00 bits per heavy atom. The SMILES string of the molecule is CC(=O)C(NCCN)C(C(C)=O)(C(C)=O)C(C)=O. The second kappa shape index (κ2) is 6.51. The molecule has 1 atom stereocenters. The van der Waals surface area contributed by atoms with Crippen LogP contribution in [0.15, 0.2) is 0 Å². The molecule has 0 bridgehead atoms. The van der Waals surface area contributed by atoms with E-state index in [0.29, 0.717) is 0 Å². The fourth-order valence-corrected chi connectivity index (χ4v) is 2.18. The number of ketones is 4. The molecule has 6 nitrogen and oxygen atoms in total. The zero-order valence-electron chi connectivity index (χ0n) is 11.2. The first-order valence-electron chi connectivity index (χ1n) is 5.69. The molecule has 0 rings (SSSR count). The third kappa shape index (κ3) is 2.88. The van der Waals surface area contributed by atoms with E-state index in [0.717, 1.165) is 20.8 Å². The molecule has 18 heavy (non-hydrogen) atoms. The van der Waals surface area contributed by atoms with E-state index in [4.69, 9.17) is 5.73 Å². The third-order valence-corrected chi connectivity index (χ3v) is 3.00. The van der Waals surface area contributed by atoms with E-state index in [1.807, 2.05) is 0 Å². The standard InChI is InChI=1S/C12H20N2O4/c1-7(15)11(14-6-5-13)12(8(2)16,9(3)17)10(4)18/h11,14H,5-6,13H2,1-4H3. The van der Waals surface area contributed by atoms with Gasteiger partial charge in [0, 0.05) is 13.1 Å². The lowest BCUT2D eigenvalue weighted by atomic mass is 9.69. The van der Waals surface area contributed by atoms with Gasteiger partial charge in [-0.1, -0.05) is 0 Å². The Morgan fingerprint density at radius 3 is 1.61 bits per heavy atom. The molecule has 0 saturated carbocycles. The van der Waals surface area contributed by atoms with Crippen LogP contribution in [0.4, 0.5) is 0 Å². The van der Waals surface area contributed by atoms with E-state index in [1.54, 1.807) is 0 Å². The molecule has 0 amide bonds. The molecule has 6 heteroatoms. The predicted octanol–water partition coefficient (Wildman–Crippen LogP) is -0.754. The average Bonchev–Trinajstić information content (AvgIpc) is 2.21. The number of rotatable bonds is 8. The summed E-state index contributed by atoms with van der Waals surface area (Å²) >= 11 is 0. The van der Waals surface area contributed by atoms with Crippen LogP contribution < -0.4 is 11.1 Å². The highest BCUT2D eigenvalue weighted by Gasteiger charge is 2.53. The van der Waals surface area contributed by atoms with E-state index < -0.39 is 34.6 Å². The Labute approximate surface area is 106 Å². The van der Waals surface area contributed by atoms with Crippen LogP contribution in [0.2, 0.25) is 0 Å². The zero-order valence-corrected chi connectivity index (χ0v) is 11.2. The Hall–Kier alpha value is -1.40. The second-order valence-electron chi connectivity index (χ2n) is 4.26. The smallest absolute Gasteiger partial charge is 0.166 e. The topological polar surface area (TPSA) is 106 Å². The predicted molar refractivity (Wildman–Crippen MR) is 66.0 cm³/mol. The number of hydrogen-bond acceptors (Lipinski definition) is 6. The summed E-state index contributed by atoms with van der Waals surface area (Å²) in [6, 6.07) is -1.16. The van der Waals surface area contributed by atoms with Crippen molar-refractivity contribution in [3.8, 4) is 0 Å². The van der Waals surface area contributed by atoms with Crippen LogP contribution in [0, 0.1) is 5.41 Å². The van der Waals surface area contributed by atoms with Gasteiger partial charge in [0.15, 0.2) is 22.8 Å². The molecule has 0 fully saturated rings. The van der Waals surface area contributed by atoms with Crippen molar-refractivity contribution in [1.29, 1.82) is 0 Å². The minimum atomic E-state index is -1.94. The molecule has 0 aromatic heterocycles. The van der Waals surface area contributed by atoms with E-state index >= 15 is 0 Å². The third-order valence-electron chi connectivity index (χ3n) is 3.00. The molecular weight excluding hydrogens is 236 g/mol.